The molecule has 0 spiro atoms. The lowest BCUT2D eigenvalue weighted by Crippen LogP contribution is -2.38. The van der Waals surface area contributed by atoms with Crippen LogP contribution in [-0.4, -0.2) is 37.4 Å². The van der Waals surface area contributed by atoms with Crippen molar-refractivity contribution >= 4 is 17.6 Å². The Balaban J connectivity index is 2.58. The highest BCUT2D eigenvalue weighted by Crippen LogP contribution is 2.11. The second-order valence-electron chi connectivity index (χ2n) is 5.67. The molecule has 0 fully saturated rings. The number of benzene rings is 1. The number of aliphatic imine (C=N–C) groups is 1. The smallest absolute Gasteiger partial charge is 0.224 e. The molecule has 0 heterocycles. The third-order valence-corrected chi connectivity index (χ3v) is 3.56. The Hall–Kier alpha value is -2.04. The molecule has 1 aromatic carbocycles. The number of unbranched alkanes of at least 4 members (excludes halogenated alkanes) is 1. The van der Waals surface area contributed by atoms with E-state index in [4.69, 9.17) is 0 Å². The van der Waals surface area contributed by atoms with Crippen molar-refractivity contribution in [2.75, 3.05) is 26.0 Å². The Morgan fingerprint density at radius 2 is 2.04 bits per heavy atom. The second kappa shape index (κ2) is 10.6. The molecule has 0 atom stereocenters. The van der Waals surface area contributed by atoms with Gasteiger partial charge in [-0.1, -0.05) is 32.4 Å². The maximum atomic E-state index is 11.7. The number of rotatable bonds is 8. The number of amides is 1. The Kier molecular flexibility index (Phi) is 8.80. The average molecular weight is 318 g/mol. The highest BCUT2D eigenvalue weighted by molar-refractivity contribution is 5.90. The van der Waals surface area contributed by atoms with Crippen molar-refractivity contribution < 1.29 is 4.79 Å². The molecule has 2 N–H and O–H groups in total. The first kappa shape index (κ1) is 19.0. The molecule has 5 heteroatoms. The fourth-order valence-corrected chi connectivity index (χ4v) is 2.28. The van der Waals surface area contributed by atoms with E-state index in [1.54, 1.807) is 7.05 Å². The van der Waals surface area contributed by atoms with Crippen molar-refractivity contribution in [1.29, 1.82) is 0 Å². The molecule has 23 heavy (non-hydrogen) atoms. The molecule has 0 radical (unpaired) electrons. The predicted octanol–water partition coefficient (Wildman–Crippen LogP) is 3.23. The predicted molar refractivity (Wildman–Crippen MR) is 97.7 cm³/mol. The van der Waals surface area contributed by atoms with Crippen LogP contribution in [0.2, 0.25) is 0 Å². The Morgan fingerprint density at radius 1 is 1.26 bits per heavy atom. The largest absolute Gasteiger partial charge is 0.352 e. The van der Waals surface area contributed by atoms with Gasteiger partial charge in [0.2, 0.25) is 5.91 Å². The monoisotopic (exact) mass is 318 g/mol. The van der Waals surface area contributed by atoms with E-state index in [-0.39, 0.29) is 5.91 Å². The number of nitrogens with zero attached hydrogens (tertiary/aromatic N) is 2. The van der Waals surface area contributed by atoms with Gasteiger partial charge in [-0.15, -0.1) is 0 Å². The van der Waals surface area contributed by atoms with Crippen LogP contribution in [0.1, 0.15) is 45.1 Å². The normalized spacial score (nSPS) is 11.2. The van der Waals surface area contributed by atoms with Gasteiger partial charge in [-0.2, -0.15) is 0 Å². The van der Waals surface area contributed by atoms with Crippen molar-refractivity contribution in [2.45, 2.75) is 46.1 Å². The zero-order chi connectivity index (χ0) is 17.1. The van der Waals surface area contributed by atoms with Gasteiger partial charge in [0.1, 0.15) is 0 Å². The molecule has 0 unspecified atom stereocenters. The third kappa shape index (κ3) is 7.17. The van der Waals surface area contributed by atoms with Gasteiger partial charge in [-0.3, -0.25) is 9.79 Å². The zero-order valence-corrected chi connectivity index (χ0v) is 14.9. The fourth-order valence-electron chi connectivity index (χ4n) is 2.28. The minimum absolute atomic E-state index is 0.0627. The lowest BCUT2D eigenvalue weighted by Gasteiger charge is -2.22. The topological polar surface area (TPSA) is 56.7 Å². The highest BCUT2D eigenvalue weighted by atomic mass is 16.1. The van der Waals surface area contributed by atoms with Crippen LogP contribution in [0.25, 0.3) is 0 Å². The third-order valence-electron chi connectivity index (χ3n) is 3.56. The number of carbonyl (C=O) groups is 1. The van der Waals surface area contributed by atoms with Crippen molar-refractivity contribution in [3.63, 3.8) is 0 Å². The van der Waals surface area contributed by atoms with E-state index in [0.29, 0.717) is 13.0 Å². The van der Waals surface area contributed by atoms with Gasteiger partial charge in [0.15, 0.2) is 5.96 Å². The van der Waals surface area contributed by atoms with Crippen molar-refractivity contribution in [3.8, 4) is 0 Å². The van der Waals surface area contributed by atoms with Crippen LogP contribution in [0, 0.1) is 0 Å². The minimum Gasteiger partial charge on any atom is -0.352 e. The van der Waals surface area contributed by atoms with Crippen LogP contribution >= 0.6 is 0 Å². The van der Waals surface area contributed by atoms with Crippen LogP contribution in [0.3, 0.4) is 0 Å². The number of nitrogens with one attached hydrogen (secondary N) is 2. The Labute approximate surface area is 140 Å². The van der Waals surface area contributed by atoms with E-state index in [9.17, 15) is 4.79 Å². The summed E-state index contributed by atoms with van der Waals surface area (Å²) in [7, 11) is 3.85. The van der Waals surface area contributed by atoms with E-state index >= 15 is 0 Å². The van der Waals surface area contributed by atoms with Gasteiger partial charge < -0.3 is 15.5 Å². The Bertz CT molecular complexity index is 513. The van der Waals surface area contributed by atoms with Gasteiger partial charge in [-0.25, -0.2) is 0 Å². The summed E-state index contributed by atoms with van der Waals surface area (Å²) in [6.07, 6.45) is 3.72. The van der Waals surface area contributed by atoms with E-state index in [2.05, 4.69) is 27.4 Å². The molecular weight excluding hydrogens is 288 g/mol. The van der Waals surface area contributed by atoms with E-state index < -0.39 is 0 Å². The summed E-state index contributed by atoms with van der Waals surface area (Å²) in [6, 6.07) is 7.92. The Morgan fingerprint density at radius 3 is 2.70 bits per heavy atom. The molecule has 0 saturated heterocycles. The SMILES string of the molecule is CCCCN(C)C(=NC)NCc1cccc(NC(=O)CCC)c1. The van der Waals surface area contributed by atoms with Gasteiger partial charge in [-0.05, 0) is 30.5 Å². The maximum Gasteiger partial charge on any atom is 0.224 e. The highest BCUT2D eigenvalue weighted by Gasteiger charge is 2.06. The molecule has 0 aromatic heterocycles. The van der Waals surface area contributed by atoms with E-state index in [1.807, 2.05) is 38.2 Å². The van der Waals surface area contributed by atoms with E-state index in [0.717, 1.165) is 36.6 Å². The molecule has 0 aliphatic rings. The van der Waals surface area contributed by atoms with E-state index in [1.165, 1.54) is 6.42 Å². The van der Waals surface area contributed by atoms with Crippen LogP contribution in [0.4, 0.5) is 5.69 Å². The van der Waals surface area contributed by atoms with Crippen molar-refractivity contribution in [2.24, 2.45) is 4.99 Å². The standard InChI is InChI=1S/C18H30N4O/c1-5-7-12-22(4)18(19-3)20-14-15-10-8-11-16(13-15)21-17(23)9-6-2/h8,10-11,13H,5-7,9,12,14H2,1-4H3,(H,19,20)(H,21,23). The summed E-state index contributed by atoms with van der Waals surface area (Å²) in [5, 5.41) is 6.29. The summed E-state index contributed by atoms with van der Waals surface area (Å²) >= 11 is 0. The first-order valence-electron chi connectivity index (χ1n) is 8.41. The molecule has 5 nitrogen and oxygen atoms in total. The number of carbonyl (C=O) groups excluding carboxylic acids is 1. The fraction of sp³-hybridized carbons (Fsp3) is 0.556. The lowest BCUT2D eigenvalue weighted by molar-refractivity contribution is -0.116. The zero-order valence-electron chi connectivity index (χ0n) is 14.9. The first-order valence-corrected chi connectivity index (χ1v) is 8.41. The number of guanidine groups is 1. The van der Waals surface area contributed by atoms with Gasteiger partial charge >= 0.3 is 0 Å². The van der Waals surface area contributed by atoms with Crippen molar-refractivity contribution in [1.82, 2.24) is 10.2 Å². The summed E-state index contributed by atoms with van der Waals surface area (Å²) in [5.41, 5.74) is 1.96. The molecule has 128 valence electrons. The summed E-state index contributed by atoms with van der Waals surface area (Å²) in [4.78, 5) is 18.1. The summed E-state index contributed by atoms with van der Waals surface area (Å²) in [5.74, 6) is 0.951. The van der Waals surface area contributed by atoms with Gasteiger partial charge in [0.25, 0.3) is 0 Å². The molecule has 0 bridgehead atoms. The quantitative estimate of drug-likeness (QED) is 0.571. The summed E-state index contributed by atoms with van der Waals surface area (Å²) < 4.78 is 0. The van der Waals surface area contributed by atoms with Gasteiger partial charge in [0.05, 0.1) is 0 Å². The number of anilines is 1. The van der Waals surface area contributed by atoms with Crippen LogP contribution in [0.15, 0.2) is 29.3 Å². The maximum absolute atomic E-state index is 11.7. The lowest BCUT2D eigenvalue weighted by atomic mass is 10.2. The van der Waals surface area contributed by atoms with Crippen LogP contribution in [0.5, 0.6) is 0 Å². The average Bonchev–Trinajstić information content (AvgIpc) is 2.54. The first-order chi connectivity index (χ1) is 11.1. The molecule has 0 aliphatic carbocycles. The number of hydrogen-bond acceptors (Lipinski definition) is 2. The minimum atomic E-state index is 0.0627. The second-order valence-corrected chi connectivity index (χ2v) is 5.67. The molecule has 1 aromatic rings. The number of hydrogen-bond donors (Lipinski definition) is 2. The molecule has 0 saturated carbocycles. The van der Waals surface area contributed by atoms with Crippen LogP contribution < -0.4 is 10.6 Å². The molecular formula is C18H30N4O. The van der Waals surface area contributed by atoms with Crippen LogP contribution in [-0.2, 0) is 11.3 Å². The van der Waals surface area contributed by atoms with Gasteiger partial charge in [0, 0.05) is 39.3 Å². The van der Waals surface area contributed by atoms with Crippen molar-refractivity contribution in [3.05, 3.63) is 29.8 Å². The molecule has 0 aliphatic heterocycles. The molecule has 1 rings (SSSR count). The summed E-state index contributed by atoms with van der Waals surface area (Å²) in [6.45, 7) is 5.85. The molecule has 1 amide bonds.